The highest BCUT2D eigenvalue weighted by atomic mass is 16.5. The molecule has 1 unspecified atom stereocenters. The van der Waals surface area contributed by atoms with Crippen LogP contribution in [-0.2, 0) is 22.6 Å². The van der Waals surface area contributed by atoms with Crippen LogP contribution in [0.1, 0.15) is 32.0 Å². The van der Waals surface area contributed by atoms with Crippen LogP contribution in [0.25, 0.3) is 0 Å². The van der Waals surface area contributed by atoms with Crippen molar-refractivity contribution in [1.82, 2.24) is 19.7 Å². The molecule has 0 radical (unpaired) electrons. The second-order valence-electron chi connectivity index (χ2n) is 5.58. The smallest absolute Gasteiger partial charge is 0.325 e. The maximum atomic E-state index is 11.5. The molecule has 0 aliphatic carbocycles. The molecular formula is C13H23N5O2. The van der Waals surface area contributed by atoms with E-state index in [0.717, 1.165) is 44.8 Å². The van der Waals surface area contributed by atoms with Crippen molar-refractivity contribution < 1.29 is 9.53 Å². The van der Waals surface area contributed by atoms with E-state index in [-0.39, 0.29) is 5.97 Å². The SMILES string of the molecule is COC(=O)C(C)(N)CCCCN1CCn2cnnc2C1. The minimum atomic E-state index is -0.878. The average molecular weight is 281 g/mol. The van der Waals surface area contributed by atoms with Crippen LogP contribution >= 0.6 is 0 Å². The quantitative estimate of drug-likeness (QED) is 0.590. The van der Waals surface area contributed by atoms with Crippen molar-refractivity contribution in [2.75, 3.05) is 20.2 Å². The van der Waals surface area contributed by atoms with Gasteiger partial charge in [0, 0.05) is 13.1 Å². The molecule has 0 saturated carbocycles. The van der Waals surface area contributed by atoms with Crippen molar-refractivity contribution in [3.05, 3.63) is 12.2 Å². The summed E-state index contributed by atoms with van der Waals surface area (Å²) in [5.41, 5.74) is 5.05. The second-order valence-corrected chi connectivity index (χ2v) is 5.58. The molecule has 1 atom stereocenters. The molecule has 0 saturated heterocycles. The predicted molar refractivity (Wildman–Crippen MR) is 73.8 cm³/mol. The highest BCUT2D eigenvalue weighted by Gasteiger charge is 2.28. The maximum absolute atomic E-state index is 11.5. The summed E-state index contributed by atoms with van der Waals surface area (Å²) in [7, 11) is 1.37. The number of nitrogens with zero attached hydrogens (tertiary/aromatic N) is 4. The van der Waals surface area contributed by atoms with Crippen molar-refractivity contribution in [1.29, 1.82) is 0 Å². The lowest BCUT2D eigenvalue weighted by Gasteiger charge is -2.27. The van der Waals surface area contributed by atoms with Crippen LogP contribution in [-0.4, -0.2) is 51.4 Å². The Balaban J connectivity index is 1.69. The minimum absolute atomic E-state index is 0.344. The van der Waals surface area contributed by atoms with Gasteiger partial charge in [-0.2, -0.15) is 0 Å². The van der Waals surface area contributed by atoms with Crippen molar-refractivity contribution in [3.63, 3.8) is 0 Å². The number of carbonyl (C=O) groups is 1. The Bertz CT molecular complexity index is 457. The molecule has 20 heavy (non-hydrogen) atoms. The third-order valence-electron chi connectivity index (χ3n) is 3.79. The van der Waals surface area contributed by atoms with Gasteiger partial charge in [0.2, 0.25) is 0 Å². The number of esters is 1. The summed E-state index contributed by atoms with van der Waals surface area (Å²) in [5, 5.41) is 8.01. The Kier molecular flexibility index (Phi) is 4.72. The third kappa shape index (κ3) is 3.55. The van der Waals surface area contributed by atoms with E-state index in [1.54, 1.807) is 13.3 Å². The van der Waals surface area contributed by atoms with E-state index in [2.05, 4.69) is 19.7 Å². The number of fused-ring (bicyclic) bond motifs is 1. The molecule has 0 fully saturated rings. The Morgan fingerprint density at radius 3 is 3.05 bits per heavy atom. The summed E-state index contributed by atoms with van der Waals surface area (Å²) < 4.78 is 6.79. The summed E-state index contributed by atoms with van der Waals surface area (Å²) in [6.07, 6.45) is 4.34. The van der Waals surface area contributed by atoms with Gasteiger partial charge in [0.1, 0.15) is 17.7 Å². The lowest BCUT2D eigenvalue weighted by molar-refractivity contribution is -0.146. The minimum Gasteiger partial charge on any atom is -0.468 e. The molecule has 1 aliphatic heterocycles. The number of unbranched alkanes of at least 4 members (excludes halogenated alkanes) is 1. The number of carbonyl (C=O) groups excluding carboxylic acids is 1. The van der Waals surface area contributed by atoms with Gasteiger partial charge in [-0.15, -0.1) is 10.2 Å². The van der Waals surface area contributed by atoms with Crippen LogP contribution < -0.4 is 5.73 Å². The number of aromatic nitrogens is 3. The molecule has 1 aromatic heterocycles. The van der Waals surface area contributed by atoms with Gasteiger partial charge in [-0.25, -0.2) is 0 Å². The first-order valence-corrected chi connectivity index (χ1v) is 6.99. The molecule has 2 heterocycles. The van der Waals surface area contributed by atoms with Crippen molar-refractivity contribution in [2.24, 2.45) is 5.73 Å². The van der Waals surface area contributed by atoms with Crippen LogP contribution in [0.5, 0.6) is 0 Å². The number of rotatable bonds is 6. The Labute approximate surface area is 119 Å². The van der Waals surface area contributed by atoms with Crippen molar-refractivity contribution in [3.8, 4) is 0 Å². The van der Waals surface area contributed by atoms with Gasteiger partial charge in [0.25, 0.3) is 0 Å². The molecular weight excluding hydrogens is 258 g/mol. The first kappa shape index (κ1) is 14.9. The van der Waals surface area contributed by atoms with E-state index in [9.17, 15) is 4.79 Å². The molecule has 0 amide bonds. The molecule has 1 aromatic rings. The van der Waals surface area contributed by atoms with E-state index in [0.29, 0.717) is 6.42 Å². The summed E-state index contributed by atoms with van der Waals surface area (Å²) in [4.78, 5) is 13.8. The fourth-order valence-electron chi connectivity index (χ4n) is 2.47. The van der Waals surface area contributed by atoms with Crippen LogP contribution in [0.2, 0.25) is 0 Å². The predicted octanol–water partition coefficient (Wildman–Crippen LogP) is 0.154. The molecule has 112 valence electrons. The normalized spacial score (nSPS) is 18.4. The van der Waals surface area contributed by atoms with Gasteiger partial charge in [-0.05, 0) is 32.7 Å². The van der Waals surface area contributed by atoms with Gasteiger partial charge in [-0.3, -0.25) is 9.69 Å². The first-order chi connectivity index (χ1) is 9.53. The average Bonchev–Trinajstić information content (AvgIpc) is 2.90. The van der Waals surface area contributed by atoms with Crippen LogP contribution in [0.4, 0.5) is 0 Å². The fourth-order valence-corrected chi connectivity index (χ4v) is 2.47. The number of hydrogen-bond donors (Lipinski definition) is 1. The monoisotopic (exact) mass is 281 g/mol. The lowest BCUT2D eigenvalue weighted by Crippen LogP contribution is -2.45. The van der Waals surface area contributed by atoms with Gasteiger partial charge in [0.15, 0.2) is 0 Å². The zero-order chi connectivity index (χ0) is 14.6. The lowest BCUT2D eigenvalue weighted by atomic mass is 9.96. The van der Waals surface area contributed by atoms with E-state index >= 15 is 0 Å². The van der Waals surface area contributed by atoms with E-state index in [4.69, 9.17) is 10.5 Å². The van der Waals surface area contributed by atoms with Gasteiger partial charge in [-0.1, -0.05) is 0 Å². The Morgan fingerprint density at radius 2 is 2.30 bits per heavy atom. The van der Waals surface area contributed by atoms with Gasteiger partial charge in [0.05, 0.1) is 13.7 Å². The molecule has 1 aliphatic rings. The van der Waals surface area contributed by atoms with Crippen LogP contribution in [0.3, 0.4) is 0 Å². The number of ether oxygens (including phenoxy) is 1. The fraction of sp³-hybridized carbons (Fsp3) is 0.769. The largest absolute Gasteiger partial charge is 0.468 e. The molecule has 0 spiro atoms. The van der Waals surface area contributed by atoms with Gasteiger partial charge < -0.3 is 15.0 Å². The Morgan fingerprint density at radius 1 is 1.50 bits per heavy atom. The van der Waals surface area contributed by atoms with Crippen molar-refractivity contribution >= 4 is 5.97 Å². The zero-order valence-electron chi connectivity index (χ0n) is 12.2. The maximum Gasteiger partial charge on any atom is 0.325 e. The molecule has 0 bridgehead atoms. The summed E-state index contributed by atoms with van der Waals surface area (Å²) in [6.45, 7) is 5.52. The highest BCUT2D eigenvalue weighted by Crippen LogP contribution is 2.14. The summed E-state index contributed by atoms with van der Waals surface area (Å²) in [5.74, 6) is 0.679. The van der Waals surface area contributed by atoms with Crippen LogP contribution in [0.15, 0.2) is 6.33 Å². The second kappa shape index (κ2) is 6.32. The zero-order valence-corrected chi connectivity index (χ0v) is 12.2. The molecule has 7 heteroatoms. The standard InChI is InChI=1S/C13H23N5O2/c1-13(14,12(19)20-2)5-3-4-6-17-7-8-18-10-15-16-11(18)9-17/h10H,3-9,14H2,1-2H3. The molecule has 2 rings (SSSR count). The first-order valence-electron chi connectivity index (χ1n) is 6.99. The summed E-state index contributed by atoms with van der Waals surface area (Å²) in [6, 6.07) is 0. The number of hydrogen-bond acceptors (Lipinski definition) is 6. The number of methoxy groups -OCH3 is 1. The topological polar surface area (TPSA) is 86.3 Å². The Hall–Kier alpha value is -1.47. The van der Waals surface area contributed by atoms with E-state index in [1.807, 2.05) is 0 Å². The van der Waals surface area contributed by atoms with E-state index < -0.39 is 5.54 Å². The molecule has 2 N–H and O–H groups in total. The van der Waals surface area contributed by atoms with Gasteiger partial charge >= 0.3 is 5.97 Å². The van der Waals surface area contributed by atoms with Crippen molar-refractivity contribution in [2.45, 2.75) is 44.8 Å². The van der Waals surface area contributed by atoms with E-state index in [1.165, 1.54) is 7.11 Å². The molecule has 7 nitrogen and oxygen atoms in total. The summed E-state index contributed by atoms with van der Waals surface area (Å²) >= 11 is 0. The highest BCUT2D eigenvalue weighted by molar-refractivity contribution is 5.79. The molecule has 0 aromatic carbocycles. The van der Waals surface area contributed by atoms with Crippen LogP contribution in [0, 0.1) is 0 Å². The third-order valence-corrected chi connectivity index (χ3v) is 3.79. The number of nitrogens with two attached hydrogens (primary N) is 1.